The number of methoxy groups -OCH3 is 3. The third-order valence-corrected chi connectivity index (χ3v) is 5.11. The molecule has 3 aromatic rings. The maximum absolute atomic E-state index is 5.55. The predicted molar refractivity (Wildman–Crippen MR) is 109 cm³/mol. The van der Waals surface area contributed by atoms with E-state index in [1.165, 1.54) is 0 Å². The molecule has 7 nitrogen and oxygen atoms in total. The normalized spacial score (nSPS) is 16.8. The van der Waals surface area contributed by atoms with Crippen LogP contribution in [0, 0.1) is 0 Å². The number of nitrogens with one attached hydrogen (secondary N) is 1. The minimum absolute atomic E-state index is 0.148. The van der Waals surface area contributed by atoms with E-state index in [2.05, 4.69) is 26.3 Å². The molecule has 1 aliphatic rings. The van der Waals surface area contributed by atoms with Crippen molar-refractivity contribution in [1.82, 2.24) is 15.3 Å². The van der Waals surface area contributed by atoms with Crippen LogP contribution in [0.25, 0.3) is 10.9 Å². The van der Waals surface area contributed by atoms with E-state index in [9.17, 15) is 0 Å². The second-order valence-corrected chi connectivity index (χ2v) is 6.62. The van der Waals surface area contributed by atoms with Crippen LogP contribution in [0.5, 0.6) is 17.2 Å². The van der Waals surface area contributed by atoms with Crippen LogP contribution in [-0.4, -0.2) is 50.9 Å². The maximum Gasteiger partial charge on any atom is 0.162 e. The molecular formula is C21H24N4O3. The highest BCUT2D eigenvalue weighted by Gasteiger charge is 2.25. The Hall–Kier alpha value is -3.06. The summed E-state index contributed by atoms with van der Waals surface area (Å²) in [6.07, 6.45) is 1.60. The quantitative estimate of drug-likeness (QED) is 0.730. The number of hydrogen-bond donors (Lipinski definition) is 1. The smallest absolute Gasteiger partial charge is 0.162 e. The first-order valence-corrected chi connectivity index (χ1v) is 9.23. The summed E-state index contributed by atoms with van der Waals surface area (Å²) < 4.78 is 16.4. The Balaban J connectivity index is 1.71. The van der Waals surface area contributed by atoms with Crippen LogP contribution in [0.15, 0.2) is 42.7 Å². The number of ether oxygens (including phenoxy) is 3. The van der Waals surface area contributed by atoms with Crippen molar-refractivity contribution in [3.05, 3.63) is 48.3 Å². The Morgan fingerprint density at radius 3 is 2.50 bits per heavy atom. The summed E-state index contributed by atoms with van der Waals surface area (Å²) >= 11 is 0. The topological polar surface area (TPSA) is 68.7 Å². The largest absolute Gasteiger partial charge is 0.496 e. The number of rotatable bonds is 5. The van der Waals surface area contributed by atoms with Gasteiger partial charge in [0, 0.05) is 36.7 Å². The molecule has 2 heterocycles. The minimum atomic E-state index is 0.148. The van der Waals surface area contributed by atoms with Crippen molar-refractivity contribution < 1.29 is 14.2 Å². The summed E-state index contributed by atoms with van der Waals surface area (Å²) in [5.41, 5.74) is 1.97. The first-order valence-electron chi connectivity index (χ1n) is 9.23. The number of nitrogens with zero attached hydrogens (tertiary/aromatic N) is 3. The van der Waals surface area contributed by atoms with E-state index >= 15 is 0 Å². The fourth-order valence-electron chi connectivity index (χ4n) is 3.73. The van der Waals surface area contributed by atoms with Crippen molar-refractivity contribution in [1.29, 1.82) is 0 Å². The van der Waals surface area contributed by atoms with Gasteiger partial charge in [0.15, 0.2) is 11.5 Å². The molecule has 2 aromatic carbocycles. The van der Waals surface area contributed by atoms with E-state index in [4.69, 9.17) is 14.2 Å². The van der Waals surface area contributed by atoms with Crippen molar-refractivity contribution in [2.24, 2.45) is 0 Å². The maximum atomic E-state index is 5.55. The molecule has 1 atom stereocenters. The molecule has 1 fully saturated rings. The molecule has 1 saturated heterocycles. The van der Waals surface area contributed by atoms with Crippen LogP contribution in [-0.2, 0) is 0 Å². The van der Waals surface area contributed by atoms with E-state index in [0.29, 0.717) is 11.5 Å². The minimum Gasteiger partial charge on any atom is -0.496 e. The zero-order chi connectivity index (χ0) is 19.5. The first-order chi connectivity index (χ1) is 13.7. The van der Waals surface area contributed by atoms with Crippen molar-refractivity contribution in [2.75, 3.05) is 45.9 Å². The number of benzene rings is 2. The van der Waals surface area contributed by atoms with Gasteiger partial charge in [-0.15, -0.1) is 0 Å². The summed E-state index contributed by atoms with van der Waals surface area (Å²) in [5.74, 6) is 3.11. The molecule has 0 radical (unpaired) electrons. The van der Waals surface area contributed by atoms with Crippen LogP contribution in [0.1, 0.15) is 11.6 Å². The zero-order valence-electron chi connectivity index (χ0n) is 16.3. The van der Waals surface area contributed by atoms with Crippen LogP contribution < -0.4 is 24.4 Å². The van der Waals surface area contributed by atoms with E-state index in [0.717, 1.165) is 47.7 Å². The van der Waals surface area contributed by atoms with Crippen LogP contribution in [0.2, 0.25) is 0 Å². The van der Waals surface area contributed by atoms with Gasteiger partial charge in [0.1, 0.15) is 17.9 Å². The summed E-state index contributed by atoms with van der Waals surface area (Å²) in [4.78, 5) is 11.3. The highest BCUT2D eigenvalue weighted by Crippen LogP contribution is 2.36. The van der Waals surface area contributed by atoms with Gasteiger partial charge in [-0.3, -0.25) is 0 Å². The van der Waals surface area contributed by atoms with Gasteiger partial charge in [-0.05, 0) is 12.1 Å². The molecule has 0 aliphatic carbocycles. The molecule has 1 aliphatic heterocycles. The van der Waals surface area contributed by atoms with E-state index < -0.39 is 0 Å². The van der Waals surface area contributed by atoms with E-state index in [1.54, 1.807) is 27.7 Å². The van der Waals surface area contributed by atoms with Crippen molar-refractivity contribution >= 4 is 16.7 Å². The lowest BCUT2D eigenvalue weighted by molar-refractivity contribution is 0.355. The van der Waals surface area contributed by atoms with Gasteiger partial charge in [-0.1, -0.05) is 18.2 Å². The monoisotopic (exact) mass is 380 g/mol. The van der Waals surface area contributed by atoms with Crippen molar-refractivity contribution in [3.8, 4) is 17.2 Å². The Labute approximate surface area is 164 Å². The Morgan fingerprint density at radius 1 is 0.964 bits per heavy atom. The predicted octanol–water partition coefficient (Wildman–Crippen LogP) is 2.81. The number of hydrogen-bond acceptors (Lipinski definition) is 7. The lowest BCUT2D eigenvalue weighted by Gasteiger charge is -2.35. The molecule has 0 amide bonds. The molecule has 0 saturated carbocycles. The molecule has 146 valence electrons. The molecule has 0 unspecified atom stereocenters. The van der Waals surface area contributed by atoms with Gasteiger partial charge in [0.2, 0.25) is 0 Å². The highest BCUT2D eigenvalue weighted by molar-refractivity contribution is 5.92. The molecule has 7 heteroatoms. The fraction of sp³-hybridized carbons (Fsp3) is 0.333. The van der Waals surface area contributed by atoms with Gasteiger partial charge in [0.25, 0.3) is 0 Å². The molecule has 0 bridgehead atoms. The number of anilines is 1. The standard InChI is InChI=1S/C21H24N4O3/c1-26-18-7-5-4-6-14(18)17-12-25(9-8-22-17)21-15-10-19(27-2)20(28-3)11-16(15)23-13-24-21/h4-7,10-11,13,17,22H,8-9,12H2,1-3H3/t17-/m1/s1. The Morgan fingerprint density at radius 2 is 1.71 bits per heavy atom. The SMILES string of the molecule is COc1cc2ncnc(N3CCN[C@@H](c4ccccc4OC)C3)c2cc1OC. The summed E-state index contributed by atoms with van der Waals surface area (Å²) in [6, 6.07) is 12.1. The van der Waals surface area contributed by atoms with Gasteiger partial charge < -0.3 is 24.4 Å². The Kier molecular flexibility index (Phi) is 5.16. The van der Waals surface area contributed by atoms with Gasteiger partial charge >= 0.3 is 0 Å². The third-order valence-electron chi connectivity index (χ3n) is 5.11. The van der Waals surface area contributed by atoms with Gasteiger partial charge in [-0.25, -0.2) is 9.97 Å². The number of piperazine rings is 1. The molecule has 4 rings (SSSR count). The van der Waals surface area contributed by atoms with E-state index in [1.807, 2.05) is 30.3 Å². The lowest BCUT2D eigenvalue weighted by atomic mass is 10.0. The lowest BCUT2D eigenvalue weighted by Crippen LogP contribution is -2.46. The van der Waals surface area contributed by atoms with Crippen LogP contribution in [0.3, 0.4) is 0 Å². The average Bonchev–Trinajstić information content (AvgIpc) is 2.77. The molecule has 1 N–H and O–H groups in total. The number of para-hydroxylation sites is 1. The van der Waals surface area contributed by atoms with Gasteiger partial charge in [-0.2, -0.15) is 0 Å². The second-order valence-electron chi connectivity index (χ2n) is 6.62. The van der Waals surface area contributed by atoms with E-state index in [-0.39, 0.29) is 6.04 Å². The van der Waals surface area contributed by atoms with Crippen LogP contribution in [0.4, 0.5) is 5.82 Å². The third kappa shape index (κ3) is 3.29. The summed E-state index contributed by atoms with van der Waals surface area (Å²) in [7, 11) is 4.96. The van der Waals surface area contributed by atoms with Crippen molar-refractivity contribution in [2.45, 2.75) is 6.04 Å². The fourth-order valence-corrected chi connectivity index (χ4v) is 3.73. The summed E-state index contributed by atoms with van der Waals surface area (Å²) in [6.45, 7) is 2.48. The molecule has 0 spiro atoms. The average molecular weight is 380 g/mol. The zero-order valence-corrected chi connectivity index (χ0v) is 16.3. The van der Waals surface area contributed by atoms with Crippen molar-refractivity contribution in [3.63, 3.8) is 0 Å². The highest BCUT2D eigenvalue weighted by atomic mass is 16.5. The molecule has 28 heavy (non-hydrogen) atoms. The molecule has 1 aromatic heterocycles. The second kappa shape index (κ2) is 7.90. The first kappa shape index (κ1) is 18.3. The number of fused-ring (bicyclic) bond motifs is 1. The molecular weight excluding hydrogens is 356 g/mol. The van der Waals surface area contributed by atoms with Crippen LogP contribution >= 0.6 is 0 Å². The van der Waals surface area contributed by atoms with Gasteiger partial charge in [0.05, 0.1) is 32.9 Å². The summed E-state index contributed by atoms with van der Waals surface area (Å²) in [5, 5.41) is 4.53. The number of aromatic nitrogens is 2. The Bertz CT molecular complexity index is 979.